The van der Waals surface area contributed by atoms with E-state index in [0.717, 1.165) is 12.3 Å². The first kappa shape index (κ1) is 15.3. The molecule has 1 N–H and O–H groups in total. The van der Waals surface area contributed by atoms with Crippen molar-refractivity contribution in [3.63, 3.8) is 0 Å². The third kappa shape index (κ3) is 3.52. The molecule has 0 unspecified atom stereocenters. The van der Waals surface area contributed by atoms with Crippen LogP contribution in [0, 0.1) is 5.82 Å². The van der Waals surface area contributed by atoms with E-state index in [2.05, 4.69) is 19.7 Å². The highest BCUT2D eigenvalue weighted by atomic mass is 32.2. The summed E-state index contributed by atoms with van der Waals surface area (Å²) in [6.07, 6.45) is 3.74. The van der Waals surface area contributed by atoms with Crippen LogP contribution in [0.5, 0.6) is 0 Å². The molecule has 0 amide bonds. The summed E-state index contributed by atoms with van der Waals surface area (Å²) < 4.78 is 40.5. The van der Waals surface area contributed by atoms with Gasteiger partial charge in [-0.25, -0.2) is 22.8 Å². The van der Waals surface area contributed by atoms with Crippen LogP contribution in [-0.2, 0) is 15.4 Å². The molecule has 0 aromatic carbocycles. The fourth-order valence-electron chi connectivity index (χ4n) is 1.67. The lowest BCUT2D eigenvalue weighted by Crippen LogP contribution is -2.19. The summed E-state index contributed by atoms with van der Waals surface area (Å²) >= 11 is 0. The van der Waals surface area contributed by atoms with Gasteiger partial charge in [-0.1, -0.05) is 20.8 Å². The maximum absolute atomic E-state index is 14.0. The van der Waals surface area contributed by atoms with Crippen molar-refractivity contribution in [3.05, 3.63) is 42.4 Å². The lowest BCUT2D eigenvalue weighted by molar-refractivity contribution is 0.498. The number of nitrogens with one attached hydrogen (secondary N) is 1. The molecular weight excluding hydrogens is 295 g/mol. The van der Waals surface area contributed by atoms with Crippen LogP contribution in [0.2, 0.25) is 0 Å². The van der Waals surface area contributed by atoms with Gasteiger partial charge < -0.3 is 0 Å². The van der Waals surface area contributed by atoms with Crippen LogP contribution in [-0.4, -0.2) is 23.4 Å². The monoisotopic (exact) mass is 310 g/mol. The number of rotatable bonds is 3. The van der Waals surface area contributed by atoms with Crippen LogP contribution in [0.15, 0.2) is 35.7 Å². The second kappa shape index (κ2) is 5.36. The summed E-state index contributed by atoms with van der Waals surface area (Å²) in [4.78, 5) is 11.1. The molecule has 0 bridgehead atoms. The number of hydrogen-bond acceptors (Lipinski definition) is 5. The number of anilines is 1. The quantitative estimate of drug-likeness (QED) is 0.938. The lowest BCUT2D eigenvalue weighted by atomic mass is 9.91. The fraction of sp³-hybridized carbons (Fsp3) is 0.308. The maximum Gasteiger partial charge on any atom is 0.264 e. The number of sulfonamides is 1. The Balaban J connectivity index is 2.36. The van der Waals surface area contributed by atoms with Gasteiger partial charge in [-0.15, -0.1) is 0 Å². The lowest BCUT2D eigenvalue weighted by Gasteiger charge is -2.18. The predicted octanol–water partition coefficient (Wildman–Crippen LogP) is 2.11. The molecule has 0 saturated carbocycles. The minimum Gasteiger partial charge on any atom is -0.263 e. The molecule has 0 radical (unpaired) electrons. The molecule has 112 valence electrons. The Hall–Kier alpha value is -2.09. The minimum atomic E-state index is -3.94. The zero-order chi connectivity index (χ0) is 15.7. The number of pyridine rings is 1. The zero-order valence-electron chi connectivity index (χ0n) is 11.8. The Labute approximate surface area is 122 Å². The Kier molecular flexibility index (Phi) is 3.91. The first-order chi connectivity index (χ1) is 9.70. The van der Waals surface area contributed by atoms with Crippen LogP contribution < -0.4 is 4.72 Å². The summed E-state index contributed by atoms with van der Waals surface area (Å²) in [7, 11) is -3.94. The molecule has 0 fully saturated rings. The van der Waals surface area contributed by atoms with Gasteiger partial charge in [-0.2, -0.15) is 0 Å². The third-order valence-corrected chi connectivity index (χ3v) is 3.98. The van der Waals surface area contributed by atoms with Crippen molar-refractivity contribution >= 4 is 15.8 Å². The van der Waals surface area contributed by atoms with Gasteiger partial charge in [-0.05, 0) is 12.1 Å². The molecule has 0 saturated heterocycles. The normalized spacial score (nSPS) is 12.2. The highest BCUT2D eigenvalue weighted by Crippen LogP contribution is 2.24. The molecule has 6 nitrogen and oxygen atoms in total. The molecule has 0 aliphatic rings. The highest BCUT2D eigenvalue weighted by molar-refractivity contribution is 7.92. The largest absolute Gasteiger partial charge is 0.264 e. The number of halogens is 1. The first-order valence-corrected chi connectivity index (χ1v) is 7.63. The van der Waals surface area contributed by atoms with Gasteiger partial charge in [-0.3, -0.25) is 9.71 Å². The van der Waals surface area contributed by atoms with E-state index in [1.165, 1.54) is 18.6 Å². The maximum atomic E-state index is 14.0. The summed E-state index contributed by atoms with van der Waals surface area (Å²) in [5.74, 6) is -0.557. The average molecular weight is 310 g/mol. The summed E-state index contributed by atoms with van der Waals surface area (Å²) in [5.41, 5.74) is -0.296. The van der Waals surface area contributed by atoms with E-state index in [1.54, 1.807) is 20.8 Å². The number of hydrogen-bond donors (Lipinski definition) is 1. The molecule has 0 atom stereocenters. The number of nitrogens with zero attached hydrogens (tertiary/aromatic N) is 3. The van der Waals surface area contributed by atoms with Crippen molar-refractivity contribution in [1.82, 2.24) is 15.0 Å². The van der Waals surface area contributed by atoms with Crippen molar-refractivity contribution in [2.45, 2.75) is 31.1 Å². The Morgan fingerprint density at radius 1 is 1.24 bits per heavy atom. The van der Waals surface area contributed by atoms with Gasteiger partial charge in [0.25, 0.3) is 10.0 Å². The Bertz CT molecular complexity index is 743. The van der Waals surface area contributed by atoms with Crippen LogP contribution in [0.25, 0.3) is 0 Å². The second-order valence-corrected chi connectivity index (χ2v) is 7.13. The van der Waals surface area contributed by atoms with Crippen LogP contribution in [0.1, 0.15) is 26.5 Å². The van der Waals surface area contributed by atoms with Gasteiger partial charge in [0.15, 0.2) is 0 Å². The standard InChI is InChI=1S/C13H15FN4O2S/c1-13(2,3)12-10(14)6-9(7-16-12)21(19,20)18-11-4-5-15-8-17-11/h4-8H,1-3H3,(H,15,17,18). The van der Waals surface area contributed by atoms with Crippen molar-refractivity contribution in [2.75, 3.05) is 4.72 Å². The molecular formula is C13H15FN4O2S. The summed E-state index contributed by atoms with van der Waals surface area (Å²) in [5, 5.41) is 0. The van der Waals surface area contributed by atoms with Gasteiger partial charge in [0.2, 0.25) is 0 Å². The van der Waals surface area contributed by atoms with E-state index >= 15 is 0 Å². The molecule has 2 rings (SSSR count). The number of aromatic nitrogens is 3. The first-order valence-electron chi connectivity index (χ1n) is 6.15. The summed E-state index contributed by atoms with van der Waals surface area (Å²) in [6, 6.07) is 2.35. The van der Waals surface area contributed by atoms with Crippen LogP contribution in [0.4, 0.5) is 10.2 Å². The van der Waals surface area contributed by atoms with E-state index in [4.69, 9.17) is 0 Å². The minimum absolute atomic E-state index is 0.102. The fourth-order valence-corrected chi connectivity index (χ4v) is 2.63. The average Bonchev–Trinajstić information content (AvgIpc) is 2.37. The molecule has 0 aliphatic carbocycles. The Morgan fingerprint density at radius 2 is 1.95 bits per heavy atom. The second-order valence-electron chi connectivity index (χ2n) is 5.45. The highest BCUT2D eigenvalue weighted by Gasteiger charge is 2.23. The van der Waals surface area contributed by atoms with E-state index in [1.807, 2.05) is 0 Å². The van der Waals surface area contributed by atoms with Crippen LogP contribution >= 0.6 is 0 Å². The van der Waals surface area contributed by atoms with E-state index in [-0.39, 0.29) is 16.4 Å². The van der Waals surface area contributed by atoms with Crippen molar-refractivity contribution in [3.8, 4) is 0 Å². The molecule has 2 aromatic rings. The van der Waals surface area contributed by atoms with Gasteiger partial charge in [0.05, 0.1) is 5.69 Å². The van der Waals surface area contributed by atoms with Crippen molar-refractivity contribution in [2.24, 2.45) is 0 Å². The van der Waals surface area contributed by atoms with Crippen LogP contribution in [0.3, 0.4) is 0 Å². The van der Waals surface area contributed by atoms with E-state index < -0.39 is 21.3 Å². The SMILES string of the molecule is CC(C)(C)c1ncc(S(=O)(=O)Nc2ccncn2)cc1F. The molecule has 0 spiro atoms. The molecule has 2 aromatic heterocycles. The smallest absolute Gasteiger partial charge is 0.263 e. The van der Waals surface area contributed by atoms with E-state index in [9.17, 15) is 12.8 Å². The molecule has 21 heavy (non-hydrogen) atoms. The molecule has 8 heteroatoms. The van der Waals surface area contributed by atoms with Gasteiger partial charge >= 0.3 is 0 Å². The summed E-state index contributed by atoms with van der Waals surface area (Å²) in [6.45, 7) is 5.39. The van der Waals surface area contributed by atoms with E-state index in [0.29, 0.717) is 0 Å². The predicted molar refractivity (Wildman–Crippen MR) is 75.7 cm³/mol. The molecule has 2 heterocycles. The van der Waals surface area contributed by atoms with Gasteiger partial charge in [0.1, 0.15) is 22.9 Å². The molecule has 0 aliphatic heterocycles. The third-order valence-electron chi connectivity index (χ3n) is 2.66. The Morgan fingerprint density at radius 3 is 2.48 bits per heavy atom. The zero-order valence-corrected chi connectivity index (χ0v) is 12.6. The topological polar surface area (TPSA) is 84.8 Å². The van der Waals surface area contributed by atoms with Gasteiger partial charge in [0, 0.05) is 17.8 Å². The van der Waals surface area contributed by atoms with Crippen molar-refractivity contribution in [1.29, 1.82) is 0 Å². The van der Waals surface area contributed by atoms with Crippen molar-refractivity contribution < 1.29 is 12.8 Å².